The van der Waals surface area contributed by atoms with Crippen LogP contribution in [0.15, 0.2) is 24.3 Å². The zero-order valence-electron chi connectivity index (χ0n) is 11.6. The second-order valence-electron chi connectivity index (χ2n) is 4.87. The fourth-order valence-corrected chi connectivity index (χ4v) is 2.65. The predicted molar refractivity (Wildman–Crippen MR) is 79.8 cm³/mol. The topological polar surface area (TPSA) is 12.0 Å². The highest BCUT2D eigenvalue weighted by Crippen LogP contribution is 2.14. The van der Waals surface area contributed by atoms with Crippen molar-refractivity contribution in [3.8, 4) is 0 Å². The van der Waals surface area contributed by atoms with E-state index in [1.54, 1.807) is 12.1 Å². The van der Waals surface area contributed by atoms with E-state index < -0.39 is 0 Å². The zero-order valence-corrected chi connectivity index (χ0v) is 12.4. The van der Waals surface area contributed by atoms with E-state index >= 15 is 0 Å². The number of benzene rings is 1. The molecule has 0 heterocycles. The molecule has 0 radical (unpaired) electrons. The van der Waals surface area contributed by atoms with Crippen LogP contribution in [-0.4, -0.2) is 23.6 Å². The van der Waals surface area contributed by atoms with Gasteiger partial charge in [-0.1, -0.05) is 32.9 Å². The van der Waals surface area contributed by atoms with Crippen LogP contribution in [0.25, 0.3) is 0 Å². The van der Waals surface area contributed by atoms with Crippen molar-refractivity contribution in [3.63, 3.8) is 0 Å². The highest BCUT2D eigenvalue weighted by Gasteiger charge is 2.10. The molecular formula is C15H24FNS. The molecule has 1 atom stereocenters. The van der Waals surface area contributed by atoms with E-state index in [1.807, 2.05) is 17.8 Å². The lowest BCUT2D eigenvalue weighted by Gasteiger charge is -2.19. The van der Waals surface area contributed by atoms with Crippen LogP contribution in [0.5, 0.6) is 0 Å². The molecule has 0 aliphatic carbocycles. The number of hydrogen-bond acceptors (Lipinski definition) is 2. The van der Waals surface area contributed by atoms with Gasteiger partial charge in [-0.2, -0.15) is 11.8 Å². The monoisotopic (exact) mass is 269 g/mol. The fraction of sp³-hybridized carbons (Fsp3) is 0.600. The molecule has 0 amide bonds. The molecule has 0 saturated carbocycles. The molecule has 1 aromatic carbocycles. The van der Waals surface area contributed by atoms with Gasteiger partial charge in [-0.25, -0.2) is 4.39 Å². The van der Waals surface area contributed by atoms with Crippen LogP contribution in [-0.2, 0) is 6.42 Å². The van der Waals surface area contributed by atoms with Gasteiger partial charge in [0.2, 0.25) is 0 Å². The van der Waals surface area contributed by atoms with Crippen molar-refractivity contribution in [1.82, 2.24) is 5.32 Å². The van der Waals surface area contributed by atoms with Crippen LogP contribution < -0.4 is 5.32 Å². The molecule has 1 rings (SSSR count). The molecule has 102 valence electrons. The van der Waals surface area contributed by atoms with E-state index in [0.717, 1.165) is 30.7 Å². The van der Waals surface area contributed by atoms with Gasteiger partial charge in [0.15, 0.2) is 0 Å². The Labute approximate surface area is 115 Å². The molecule has 1 nitrogen and oxygen atoms in total. The smallest absolute Gasteiger partial charge is 0.123 e. The number of hydrogen-bond donors (Lipinski definition) is 1. The zero-order chi connectivity index (χ0) is 13.4. The summed E-state index contributed by atoms with van der Waals surface area (Å²) in [6.45, 7) is 7.62. The molecule has 0 spiro atoms. The average Bonchev–Trinajstić information content (AvgIpc) is 2.32. The summed E-state index contributed by atoms with van der Waals surface area (Å²) in [7, 11) is 0. The maximum absolute atomic E-state index is 13.2. The highest BCUT2D eigenvalue weighted by molar-refractivity contribution is 7.99. The van der Waals surface area contributed by atoms with E-state index in [9.17, 15) is 4.39 Å². The molecule has 0 bridgehead atoms. The molecule has 18 heavy (non-hydrogen) atoms. The molecule has 0 aliphatic rings. The minimum atomic E-state index is -0.141. The summed E-state index contributed by atoms with van der Waals surface area (Å²) in [6, 6.07) is 7.36. The van der Waals surface area contributed by atoms with Gasteiger partial charge < -0.3 is 5.32 Å². The van der Waals surface area contributed by atoms with E-state index in [0.29, 0.717) is 11.3 Å². The Hall–Kier alpha value is -0.540. The van der Waals surface area contributed by atoms with Crippen molar-refractivity contribution in [1.29, 1.82) is 0 Å². The third kappa shape index (κ3) is 6.41. The second-order valence-corrected chi connectivity index (χ2v) is 6.48. The predicted octanol–water partition coefficient (Wildman–Crippen LogP) is 3.88. The summed E-state index contributed by atoms with van der Waals surface area (Å²) in [5.41, 5.74) is 1.08. The first-order chi connectivity index (χ1) is 8.61. The van der Waals surface area contributed by atoms with E-state index in [-0.39, 0.29) is 5.82 Å². The molecule has 1 N–H and O–H groups in total. The van der Waals surface area contributed by atoms with Crippen LogP contribution in [0.3, 0.4) is 0 Å². The Morgan fingerprint density at radius 1 is 1.33 bits per heavy atom. The maximum Gasteiger partial charge on any atom is 0.123 e. The van der Waals surface area contributed by atoms with Crippen molar-refractivity contribution in [2.75, 3.05) is 12.3 Å². The van der Waals surface area contributed by atoms with Crippen molar-refractivity contribution < 1.29 is 4.39 Å². The molecule has 3 heteroatoms. The first-order valence-electron chi connectivity index (χ1n) is 6.71. The van der Waals surface area contributed by atoms with Crippen molar-refractivity contribution >= 4 is 11.8 Å². The van der Waals surface area contributed by atoms with Crippen LogP contribution in [0.2, 0.25) is 0 Å². The summed E-state index contributed by atoms with van der Waals surface area (Å²) in [5, 5.41) is 4.19. The van der Waals surface area contributed by atoms with Crippen LogP contribution in [0, 0.1) is 5.82 Å². The van der Waals surface area contributed by atoms with Crippen molar-refractivity contribution in [2.24, 2.45) is 0 Å². The van der Waals surface area contributed by atoms with Crippen molar-refractivity contribution in [3.05, 3.63) is 35.6 Å². The van der Waals surface area contributed by atoms with Crippen LogP contribution in [0.1, 0.15) is 32.8 Å². The maximum atomic E-state index is 13.2. The summed E-state index contributed by atoms with van der Waals surface area (Å²) in [5.74, 6) is 0.937. The Morgan fingerprint density at radius 3 is 2.72 bits per heavy atom. The lowest BCUT2D eigenvalue weighted by Crippen LogP contribution is -2.34. The largest absolute Gasteiger partial charge is 0.313 e. The highest BCUT2D eigenvalue weighted by atomic mass is 32.2. The summed E-state index contributed by atoms with van der Waals surface area (Å²) < 4.78 is 13.2. The van der Waals surface area contributed by atoms with Crippen LogP contribution in [0.4, 0.5) is 4.39 Å². The second kappa shape index (κ2) is 8.54. The SMILES string of the molecule is CCCNC(CSC(C)C)Cc1cccc(F)c1. The van der Waals surface area contributed by atoms with Gasteiger partial charge in [-0.05, 0) is 42.3 Å². The first kappa shape index (κ1) is 15.5. The quantitative estimate of drug-likeness (QED) is 0.768. The van der Waals surface area contributed by atoms with Crippen molar-refractivity contribution in [2.45, 2.75) is 44.9 Å². The van der Waals surface area contributed by atoms with Gasteiger partial charge in [0.05, 0.1) is 0 Å². The molecule has 1 unspecified atom stereocenters. The van der Waals surface area contributed by atoms with E-state index in [2.05, 4.69) is 26.1 Å². The number of nitrogens with one attached hydrogen (secondary N) is 1. The minimum Gasteiger partial charge on any atom is -0.313 e. The summed E-state index contributed by atoms with van der Waals surface area (Å²) >= 11 is 1.96. The number of halogens is 1. The van der Waals surface area contributed by atoms with Gasteiger partial charge in [-0.3, -0.25) is 0 Å². The molecule has 1 aromatic rings. The van der Waals surface area contributed by atoms with E-state index in [4.69, 9.17) is 0 Å². The lowest BCUT2D eigenvalue weighted by molar-refractivity contribution is 0.547. The Kier molecular flexibility index (Phi) is 7.36. The third-order valence-corrected chi connectivity index (χ3v) is 3.95. The summed E-state index contributed by atoms with van der Waals surface area (Å²) in [6.07, 6.45) is 2.03. The van der Waals surface area contributed by atoms with Gasteiger partial charge in [0.25, 0.3) is 0 Å². The van der Waals surface area contributed by atoms with Gasteiger partial charge >= 0.3 is 0 Å². The molecule has 0 fully saturated rings. The lowest BCUT2D eigenvalue weighted by atomic mass is 10.1. The van der Waals surface area contributed by atoms with Crippen LogP contribution >= 0.6 is 11.8 Å². The first-order valence-corrected chi connectivity index (χ1v) is 7.76. The minimum absolute atomic E-state index is 0.141. The standard InChI is InChI=1S/C15H24FNS/c1-4-8-17-15(11-18-12(2)3)10-13-6-5-7-14(16)9-13/h5-7,9,12,15,17H,4,8,10-11H2,1-3H3. The number of thioether (sulfide) groups is 1. The summed E-state index contributed by atoms with van der Waals surface area (Å²) in [4.78, 5) is 0. The van der Waals surface area contributed by atoms with Gasteiger partial charge in [0, 0.05) is 11.8 Å². The van der Waals surface area contributed by atoms with Gasteiger partial charge in [-0.15, -0.1) is 0 Å². The normalized spacial score (nSPS) is 12.9. The van der Waals surface area contributed by atoms with Gasteiger partial charge in [0.1, 0.15) is 5.82 Å². The fourth-order valence-electron chi connectivity index (χ4n) is 1.80. The molecular weight excluding hydrogens is 245 g/mol. The third-order valence-electron chi connectivity index (χ3n) is 2.68. The Bertz CT molecular complexity index is 341. The molecule has 0 saturated heterocycles. The van der Waals surface area contributed by atoms with E-state index in [1.165, 1.54) is 6.07 Å². The molecule has 0 aliphatic heterocycles. The number of rotatable bonds is 8. The molecule has 0 aromatic heterocycles. The average molecular weight is 269 g/mol. The Morgan fingerprint density at radius 2 is 2.11 bits per heavy atom. The Balaban J connectivity index is 2.53.